The monoisotopic (exact) mass is 394 g/mol. The van der Waals surface area contributed by atoms with Crippen molar-refractivity contribution in [1.29, 1.82) is 0 Å². The third kappa shape index (κ3) is 5.30. The summed E-state index contributed by atoms with van der Waals surface area (Å²) < 4.78 is 32.9. The molecule has 1 saturated carbocycles. The highest BCUT2D eigenvalue weighted by molar-refractivity contribution is 7.89. The zero-order chi connectivity index (χ0) is 19.4. The molecule has 1 aliphatic carbocycles. The minimum Gasteiger partial charge on any atom is -0.368 e. The largest absolute Gasteiger partial charge is 0.368 e. The number of benzene rings is 1. The molecule has 27 heavy (non-hydrogen) atoms. The molecule has 1 aliphatic heterocycles. The van der Waals surface area contributed by atoms with Gasteiger partial charge in [0.25, 0.3) is 0 Å². The molecule has 1 aromatic carbocycles. The summed E-state index contributed by atoms with van der Waals surface area (Å²) in [4.78, 5) is 12.3. The summed E-state index contributed by atoms with van der Waals surface area (Å²) in [6.07, 6.45) is 5.62. The molecule has 0 radical (unpaired) electrons. The molecule has 0 bridgehead atoms. The van der Waals surface area contributed by atoms with Crippen LogP contribution < -0.4 is 5.32 Å². The van der Waals surface area contributed by atoms with Gasteiger partial charge in [-0.15, -0.1) is 0 Å². The van der Waals surface area contributed by atoms with Gasteiger partial charge in [0, 0.05) is 18.8 Å². The van der Waals surface area contributed by atoms with E-state index in [0.717, 1.165) is 32.1 Å². The number of nitrogens with one attached hydrogen (secondary N) is 1. The molecule has 1 amide bonds. The number of anilines is 1. The third-order valence-corrected chi connectivity index (χ3v) is 7.21. The highest BCUT2D eigenvalue weighted by Gasteiger charge is 2.31. The van der Waals surface area contributed by atoms with E-state index in [1.165, 1.54) is 0 Å². The van der Waals surface area contributed by atoms with Crippen molar-refractivity contribution in [3.8, 4) is 0 Å². The highest BCUT2D eigenvalue weighted by Crippen LogP contribution is 2.27. The smallest absolute Gasteiger partial charge is 0.250 e. The number of carbonyl (C=O) groups is 1. The van der Waals surface area contributed by atoms with Crippen molar-refractivity contribution in [2.24, 2.45) is 11.8 Å². The maximum Gasteiger partial charge on any atom is 0.250 e. The third-order valence-electron chi connectivity index (χ3n) is 5.36. The SMILES string of the molecule is CC1CC(C)CN(S(=O)(=O)c2ccc(NC(=O)COC3CCCC3)cc2)C1. The van der Waals surface area contributed by atoms with E-state index in [1.807, 2.05) is 0 Å². The van der Waals surface area contributed by atoms with E-state index >= 15 is 0 Å². The Morgan fingerprint density at radius 1 is 1.11 bits per heavy atom. The molecule has 1 aromatic rings. The van der Waals surface area contributed by atoms with E-state index in [-0.39, 0.29) is 23.5 Å². The summed E-state index contributed by atoms with van der Waals surface area (Å²) in [7, 11) is -3.50. The molecule has 2 aliphatic rings. The quantitative estimate of drug-likeness (QED) is 0.804. The Balaban J connectivity index is 1.58. The lowest BCUT2D eigenvalue weighted by Crippen LogP contribution is -2.42. The minimum atomic E-state index is -3.50. The van der Waals surface area contributed by atoms with Crippen LogP contribution in [0.15, 0.2) is 29.2 Å². The number of sulfonamides is 1. The lowest BCUT2D eigenvalue weighted by atomic mass is 9.94. The summed E-state index contributed by atoms with van der Waals surface area (Å²) in [6, 6.07) is 6.40. The maximum absolute atomic E-state index is 12.9. The average Bonchev–Trinajstić information content (AvgIpc) is 3.13. The lowest BCUT2D eigenvalue weighted by Gasteiger charge is -2.34. The number of amides is 1. The van der Waals surface area contributed by atoms with E-state index in [0.29, 0.717) is 30.6 Å². The molecule has 2 fully saturated rings. The average molecular weight is 395 g/mol. The Bertz CT molecular complexity index is 732. The van der Waals surface area contributed by atoms with Crippen LogP contribution in [0.1, 0.15) is 46.0 Å². The van der Waals surface area contributed by atoms with Gasteiger partial charge in [0.05, 0.1) is 11.0 Å². The maximum atomic E-state index is 12.9. The van der Waals surface area contributed by atoms with Gasteiger partial charge < -0.3 is 10.1 Å². The van der Waals surface area contributed by atoms with Crippen molar-refractivity contribution in [2.45, 2.75) is 57.0 Å². The van der Waals surface area contributed by atoms with Crippen LogP contribution in [0.4, 0.5) is 5.69 Å². The highest BCUT2D eigenvalue weighted by atomic mass is 32.2. The number of piperidine rings is 1. The normalized spacial score (nSPS) is 24.8. The van der Waals surface area contributed by atoms with Crippen molar-refractivity contribution in [2.75, 3.05) is 25.0 Å². The Morgan fingerprint density at radius 2 is 1.70 bits per heavy atom. The van der Waals surface area contributed by atoms with Crippen LogP contribution in [0.25, 0.3) is 0 Å². The second-order valence-corrected chi connectivity index (χ2v) is 10.00. The summed E-state index contributed by atoms with van der Waals surface area (Å²) in [6.45, 7) is 5.33. The summed E-state index contributed by atoms with van der Waals surface area (Å²) >= 11 is 0. The van der Waals surface area contributed by atoms with E-state index in [4.69, 9.17) is 4.74 Å². The predicted octanol–water partition coefficient (Wildman–Crippen LogP) is 3.25. The molecule has 1 heterocycles. The van der Waals surface area contributed by atoms with Gasteiger partial charge in [0.15, 0.2) is 0 Å². The Kier molecular flexibility index (Phi) is 6.55. The first kappa shape index (κ1) is 20.3. The van der Waals surface area contributed by atoms with Gasteiger partial charge in [0.2, 0.25) is 15.9 Å². The Labute approximate surface area is 162 Å². The first-order valence-corrected chi connectivity index (χ1v) is 11.3. The molecule has 0 spiro atoms. The van der Waals surface area contributed by atoms with Gasteiger partial charge in [-0.3, -0.25) is 4.79 Å². The molecule has 1 N–H and O–H groups in total. The van der Waals surface area contributed by atoms with Gasteiger partial charge in [-0.05, 0) is 55.4 Å². The Hall–Kier alpha value is -1.44. The first-order chi connectivity index (χ1) is 12.8. The van der Waals surface area contributed by atoms with Crippen LogP contribution in [0.5, 0.6) is 0 Å². The second-order valence-electron chi connectivity index (χ2n) is 8.06. The topological polar surface area (TPSA) is 75.7 Å². The summed E-state index contributed by atoms with van der Waals surface area (Å²) in [5.74, 6) is 0.514. The molecule has 150 valence electrons. The van der Waals surface area contributed by atoms with Gasteiger partial charge in [-0.1, -0.05) is 26.7 Å². The summed E-state index contributed by atoms with van der Waals surface area (Å²) in [5, 5.41) is 2.77. The molecular weight excluding hydrogens is 364 g/mol. The van der Waals surface area contributed by atoms with Crippen molar-refractivity contribution < 1.29 is 17.9 Å². The molecule has 7 heteroatoms. The van der Waals surface area contributed by atoms with Crippen molar-refractivity contribution in [3.63, 3.8) is 0 Å². The van der Waals surface area contributed by atoms with Crippen LogP contribution in [0, 0.1) is 11.8 Å². The number of hydrogen-bond acceptors (Lipinski definition) is 4. The standard InChI is InChI=1S/C20H30N2O4S/c1-15-11-16(2)13-22(12-15)27(24,25)19-9-7-17(8-10-19)21-20(23)14-26-18-5-3-4-6-18/h7-10,15-16,18H,3-6,11-14H2,1-2H3,(H,21,23). The molecular formula is C20H30N2O4S. The van der Waals surface area contributed by atoms with E-state index in [9.17, 15) is 13.2 Å². The van der Waals surface area contributed by atoms with E-state index in [2.05, 4.69) is 19.2 Å². The molecule has 1 saturated heterocycles. The zero-order valence-corrected chi connectivity index (χ0v) is 17.0. The fourth-order valence-corrected chi connectivity index (χ4v) is 5.79. The van der Waals surface area contributed by atoms with Crippen LogP contribution in [-0.4, -0.2) is 44.4 Å². The molecule has 6 nitrogen and oxygen atoms in total. The van der Waals surface area contributed by atoms with Crippen LogP contribution in [0.3, 0.4) is 0 Å². The van der Waals surface area contributed by atoms with Crippen LogP contribution in [0.2, 0.25) is 0 Å². The molecule has 0 aromatic heterocycles. The summed E-state index contributed by atoms with van der Waals surface area (Å²) in [5.41, 5.74) is 0.578. The molecule has 2 atom stereocenters. The van der Waals surface area contributed by atoms with Crippen LogP contribution in [-0.2, 0) is 19.6 Å². The van der Waals surface area contributed by atoms with Gasteiger partial charge >= 0.3 is 0 Å². The van der Waals surface area contributed by atoms with Crippen molar-refractivity contribution >= 4 is 21.6 Å². The fourth-order valence-electron chi connectivity index (χ4n) is 4.11. The number of hydrogen-bond donors (Lipinski definition) is 1. The fraction of sp³-hybridized carbons (Fsp3) is 0.650. The lowest BCUT2D eigenvalue weighted by molar-refractivity contribution is -0.122. The van der Waals surface area contributed by atoms with Gasteiger partial charge in [-0.25, -0.2) is 8.42 Å². The first-order valence-electron chi connectivity index (χ1n) is 9.86. The number of ether oxygens (including phenoxy) is 1. The zero-order valence-electron chi connectivity index (χ0n) is 16.2. The predicted molar refractivity (Wildman–Crippen MR) is 105 cm³/mol. The molecule has 3 rings (SSSR count). The van der Waals surface area contributed by atoms with Crippen LogP contribution >= 0.6 is 0 Å². The van der Waals surface area contributed by atoms with Gasteiger partial charge in [-0.2, -0.15) is 4.31 Å². The molecule has 2 unspecified atom stereocenters. The van der Waals surface area contributed by atoms with E-state index in [1.54, 1.807) is 28.6 Å². The second kappa shape index (κ2) is 8.71. The van der Waals surface area contributed by atoms with E-state index < -0.39 is 10.0 Å². The Morgan fingerprint density at radius 3 is 2.30 bits per heavy atom. The van der Waals surface area contributed by atoms with Crippen molar-refractivity contribution in [3.05, 3.63) is 24.3 Å². The van der Waals surface area contributed by atoms with Crippen molar-refractivity contribution in [1.82, 2.24) is 4.31 Å². The minimum absolute atomic E-state index is 0.0360. The van der Waals surface area contributed by atoms with Gasteiger partial charge in [0.1, 0.15) is 6.61 Å². The number of carbonyl (C=O) groups excluding carboxylic acids is 1. The number of nitrogens with zero attached hydrogens (tertiary/aromatic N) is 1. The number of rotatable bonds is 6.